The average Bonchev–Trinajstić information content (AvgIpc) is 3.35. The van der Waals surface area contributed by atoms with Gasteiger partial charge in [0.2, 0.25) is 0 Å². The van der Waals surface area contributed by atoms with E-state index in [1.165, 1.54) is 53.5 Å². The summed E-state index contributed by atoms with van der Waals surface area (Å²) in [5, 5.41) is 15.7. The zero-order valence-corrected chi connectivity index (χ0v) is 43.9. The zero-order chi connectivity index (χ0) is 44.5. The molecule has 10 rings (SSSR count). The van der Waals surface area contributed by atoms with Crippen LogP contribution in [0.5, 0.6) is 0 Å². The molecule has 0 unspecified atom stereocenters. The van der Waals surface area contributed by atoms with Gasteiger partial charge in [-0.1, -0.05) is 181 Å². The fourth-order valence-corrected chi connectivity index (χ4v) is 16.8. The molecule has 0 aliphatic rings. The normalized spacial score (nSPS) is 11.0. The van der Waals surface area contributed by atoms with Crippen LogP contribution in [0.25, 0.3) is 43.1 Å². The first kappa shape index (κ1) is 50.1. The van der Waals surface area contributed by atoms with Crippen molar-refractivity contribution < 1.29 is 44.8 Å². The van der Waals surface area contributed by atoms with Crippen molar-refractivity contribution in [2.75, 3.05) is 0 Å². The molecule has 330 valence electrons. The Morgan fingerprint density at radius 2 is 0.561 bits per heavy atom. The van der Waals surface area contributed by atoms with Crippen molar-refractivity contribution in [1.29, 1.82) is 0 Å². The Kier molecular flexibility index (Phi) is 17.4. The van der Waals surface area contributed by atoms with Crippen molar-refractivity contribution in [3.8, 4) is 11.8 Å². The van der Waals surface area contributed by atoms with E-state index in [2.05, 4.69) is 222 Å². The largest absolute Gasteiger partial charge is 1.00 e. The predicted molar refractivity (Wildman–Crippen MR) is 284 cm³/mol. The van der Waals surface area contributed by atoms with Crippen LogP contribution >= 0.6 is 15.8 Å². The van der Waals surface area contributed by atoms with E-state index in [1.54, 1.807) is 0 Å². The molecular weight excluding hydrogens is 1200 g/mol. The molecule has 10 aromatic carbocycles. The van der Waals surface area contributed by atoms with Crippen LogP contribution in [0, 0.1) is 24.7 Å². The molecule has 10 aromatic rings. The Bertz CT molecular complexity index is 2940. The van der Waals surface area contributed by atoms with Crippen molar-refractivity contribution >= 4 is 80.2 Å². The van der Waals surface area contributed by atoms with Gasteiger partial charge in [0.15, 0.2) is 0 Å². The second kappa shape index (κ2) is 22.9. The molecule has 0 saturated heterocycles. The molecule has 0 nitrogen and oxygen atoms in total. The van der Waals surface area contributed by atoms with Gasteiger partial charge in [-0.25, -0.2) is 0 Å². The molecule has 0 radical (unpaired) electrons. The summed E-state index contributed by atoms with van der Waals surface area (Å²) in [5.41, 5.74) is 1.70. The Balaban J connectivity index is 0.000000177. The maximum Gasteiger partial charge on any atom is 1.00 e. The Morgan fingerprint density at radius 3 is 0.864 bits per heavy atom. The van der Waals surface area contributed by atoms with Crippen molar-refractivity contribution in [1.82, 2.24) is 0 Å². The average molecular weight is 1250 g/mol. The molecule has 0 aromatic heterocycles. The SMILES string of the molecule is CC(C)([PH+](c1ccccc1)c1ccccc1)C(C)(C)[PH+](c1ccccc1)c1ccccc1.[Au+].[Au+].[C-]#Cc1cccc2c1ccc1ccccc12.[C-]#Cc1cccc2c1ccc1ccccc12. The fraction of sp³-hybridized carbons (Fsp3) is 0.0968. The van der Waals surface area contributed by atoms with Gasteiger partial charge in [0.1, 0.15) is 10.3 Å². The minimum Gasteiger partial charge on any atom is -0.366 e. The first-order chi connectivity index (χ1) is 31.2. The van der Waals surface area contributed by atoms with E-state index in [0.717, 1.165) is 21.9 Å². The third-order valence-corrected chi connectivity index (χ3v) is 20.5. The van der Waals surface area contributed by atoms with E-state index in [0.29, 0.717) is 0 Å². The van der Waals surface area contributed by atoms with Gasteiger partial charge in [-0.3, -0.25) is 11.8 Å². The van der Waals surface area contributed by atoms with Crippen LogP contribution in [0.2, 0.25) is 0 Å². The first-order valence-electron chi connectivity index (χ1n) is 21.9. The van der Waals surface area contributed by atoms with Gasteiger partial charge in [0.25, 0.3) is 0 Å². The van der Waals surface area contributed by atoms with E-state index in [1.807, 2.05) is 48.5 Å². The van der Waals surface area contributed by atoms with Gasteiger partial charge >= 0.3 is 44.8 Å². The van der Waals surface area contributed by atoms with E-state index >= 15 is 0 Å². The Hall–Kier alpha value is -5.30. The van der Waals surface area contributed by atoms with E-state index < -0.39 is 15.8 Å². The third-order valence-electron chi connectivity index (χ3n) is 12.9. The van der Waals surface area contributed by atoms with Gasteiger partial charge < -0.3 is 12.8 Å². The van der Waals surface area contributed by atoms with Crippen LogP contribution in [-0.2, 0) is 44.8 Å². The van der Waals surface area contributed by atoms with Crippen molar-refractivity contribution in [3.63, 3.8) is 0 Å². The van der Waals surface area contributed by atoms with Gasteiger partial charge in [0, 0.05) is 0 Å². The summed E-state index contributed by atoms with van der Waals surface area (Å²) in [6.07, 6.45) is 14.6. The molecular formula is C62H52Au2P2+2. The zero-order valence-electron chi connectivity index (χ0n) is 37.5. The fourth-order valence-electron chi connectivity index (χ4n) is 9.12. The Labute approximate surface area is 425 Å². The quantitative estimate of drug-likeness (QED) is 0.0490. The number of rotatable bonds is 7. The van der Waals surface area contributed by atoms with Gasteiger partial charge in [-0.2, -0.15) is 0 Å². The summed E-state index contributed by atoms with van der Waals surface area (Å²) in [6, 6.07) is 81.8. The summed E-state index contributed by atoms with van der Waals surface area (Å²) in [7, 11) is -2.13. The second-order valence-electron chi connectivity index (χ2n) is 17.1. The number of hydrogen-bond acceptors (Lipinski definition) is 0. The van der Waals surface area contributed by atoms with Crippen molar-refractivity contribution in [2.45, 2.75) is 38.0 Å². The number of hydrogen-bond donors (Lipinski definition) is 0. The molecule has 0 amide bonds. The third kappa shape index (κ3) is 10.6. The maximum absolute atomic E-state index is 7.28. The van der Waals surface area contributed by atoms with Crippen molar-refractivity contribution in [2.24, 2.45) is 0 Å². The molecule has 4 heteroatoms. The number of benzene rings is 10. The van der Waals surface area contributed by atoms with E-state index in [4.69, 9.17) is 12.8 Å². The summed E-state index contributed by atoms with van der Waals surface area (Å²) >= 11 is 0. The Morgan fingerprint density at radius 1 is 0.288 bits per heavy atom. The van der Waals surface area contributed by atoms with Gasteiger partial charge in [-0.15, -0.1) is 23.3 Å². The first-order valence-corrected chi connectivity index (χ1v) is 24.9. The molecule has 0 bridgehead atoms. The van der Waals surface area contributed by atoms with Gasteiger partial charge in [-0.05, 0) is 109 Å². The monoisotopic (exact) mass is 1250 g/mol. The summed E-state index contributed by atoms with van der Waals surface area (Å²) in [6.45, 7) is 10.1. The molecule has 66 heavy (non-hydrogen) atoms. The van der Waals surface area contributed by atoms with Crippen LogP contribution in [0.1, 0.15) is 38.8 Å². The summed E-state index contributed by atoms with van der Waals surface area (Å²) in [4.78, 5) is 0. The minimum atomic E-state index is -1.07. The second-order valence-corrected chi connectivity index (χ2v) is 23.4. The van der Waals surface area contributed by atoms with Gasteiger partial charge in [0.05, 0.1) is 37.1 Å². The van der Waals surface area contributed by atoms with Crippen LogP contribution in [0.3, 0.4) is 0 Å². The topological polar surface area (TPSA) is 0 Å². The van der Waals surface area contributed by atoms with Crippen LogP contribution in [0.4, 0.5) is 0 Å². The standard InChI is InChI=1S/C30H32P2.2C16H9.2Au/c1-29(2,31(25-17-9-5-10-18-25)26-19-11-6-12-20-26)30(3,4)32(27-21-13-7-14-22-27)28-23-15-8-16-24-28;2*1-2-12-7-5-9-16-14-8-4-3-6-13(14)10-11-15(12)16;;/h5-24H,1-4H3;2*3-11H;;/q;2*-1;2*+1/p+2. The smallest absolute Gasteiger partial charge is 0.366 e. The van der Waals surface area contributed by atoms with E-state index in [9.17, 15) is 0 Å². The molecule has 0 heterocycles. The molecule has 0 N–H and O–H groups in total. The van der Waals surface area contributed by atoms with Crippen LogP contribution in [0.15, 0.2) is 231 Å². The molecule has 0 saturated carbocycles. The molecule has 0 fully saturated rings. The summed E-state index contributed by atoms with van der Waals surface area (Å²) < 4.78 is 0. The predicted octanol–water partition coefficient (Wildman–Crippen LogP) is 14.1. The molecule has 0 spiro atoms. The molecule has 0 aliphatic heterocycles. The number of fused-ring (bicyclic) bond motifs is 6. The van der Waals surface area contributed by atoms with E-state index in [-0.39, 0.29) is 55.1 Å². The molecule has 0 aliphatic carbocycles. The summed E-state index contributed by atoms with van der Waals surface area (Å²) in [5.74, 6) is 4.97. The van der Waals surface area contributed by atoms with Crippen molar-refractivity contribution in [3.05, 3.63) is 254 Å². The van der Waals surface area contributed by atoms with Crippen LogP contribution in [-0.4, -0.2) is 10.3 Å². The van der Waals surface area contributed by atoms with Crippen LogP contribution < -0.4 is 21.2 Å². The molecule has 0 atom stereocenters. The minimum absolute atomic E-state index is 0. The maximum atomic E-state index is 7.28.